The maximum Gasteiger partial charge on any atom is 0.261 e. The molecule has 32 heavy (non-hydrogen) atoms. The van der Waals surface area contributed by atoms with E-state index < -0.39 is 0 Å². The molecular weight excluding hydrogens is 410 g/mol. The molecular formula is C22H23N7O3. The highest BCUT2D eigenvalue weighted by Gasteiger charge is 2.34. The van der Waals surface area contributed by atoms with Crippen molar-refractivity contribution in [3.63, 3.8) is 0 Å². The van der Waals surface area contributed by atoms with Gasteiger partial charge in [0.1, 0.15) is 11.6 Å². The molecule has 10 nitrogen and oxygen atoms in total. The standard InChI is InChI=1S/C22H23N7O3/c1-15-26-18(14-19(27-15)29-13-5-9-25-29)23-10-11-24-20(30)8-4-12-28-21(31)16-6-2-3-7-17(16)22(28)32/h2-3,5-7,9,13-14H,4,8,10-12H2,1H3,(H,24,30)(H,23,26,27). The molecule has 0 spiro atoms. The predicted molar refractivity (Wildman–Crippen MR) is 116 cm³/mol. The molecule has 0 atom stereocenters. The SMILES string of the molecule is Cc1nc(NCCNC(=O)CCCN2C(=O)c3ccccc3C2=O)cc(-n2cccn2)n1. The van der Waals surface area contributed by atoms with Gasteiger partial charge in [-0.25, -0.2) is 14.6 Å². The zero-order valence-corrected chi connectivity index (χ0v) is 17.6. The molecule has 0 bridgehead atoms. The molecule has 3 heterocycles. The van der Waals surface area contributed by atoms with Crippen LogP contribution in [-0.2, 0) is 4.79 Å². The van der Waals surface area contributed by atoms with Crippen molar-refractivity contribution in [3.8, 4) is 5.82 Å². The highest BCUT2D eigenvalue weighted by atomic mass is 16.2. The Bertz CT molecular complexity index is 1110. The highest BCUT2D eigenvalue weighted by Crippen LogP contribution is 2.22. The molecule has 0 saturated heterocycles. The van der Waals surface area contributed by atoms with Crippen LogP contribution < -0.4 is 10.6 Å². The summed E-state index contributed by atoms with van der Waals surface area (Å²) in [5.74, 6) is 1.16. The minimum absolute atomic E-state index is 0.139. The Morgan fingerprint density at radius 2 is 1.78 bits per heavy atom. The Morgan fingerprint density at radius 1 is 1.03 bits per heavy atom. The van der Waals surface area contributed by atoms with E-state index in [0.717, 1.165) is 0 Å². The van der Waals surface area contributed by atoms with E-state index in [1.807, 2.05) is 6.07 Å². The van der Waals surface area contributed by atoms with Crippen LogP contribution in [0.1, 0.15) is 39.4 Å². The fourth-order valence-electron chi connectivity index (χ4n) is 3.49. The number of aromatic nitrogens is 4. The van der Waals surface area contributed by atoms with Gasteiger partial charge in [-0.2, -0.15) is 5.10 Å². The number of hydrogen-bond acceptors (Lipinski definition) is 7. The van der Waals surface area contributed by atoms with E-state index in [-0.39, 0.29) is 30.7 Å². The van der Waals surface area contributed by atoms with Crippen LogP contribution >= 0.6 is 0 Å². The summed E-state index contributed by atoms with van der Waals surface area (Å²) >= 11 is 0. The summed E-state index contributed by atoms with van der Waals surface area (Å²) < 4.78 is 1.65. The van der Waals surface area contributed by atoms with Crippen LogP contribution in [0.25, 0.3) is 5.82 Å². The van der Waals surface area contributed by atoms with Crippen molar-refractivity contribution in [2.24, 2.45) is 0 Å². The maximum absolute atomic E-state index is 12.3. The number of nitrogens with one attached hydrogen (secondary N) is 2. The molecule has 2 N–H and O–H groups in total. The first kappa shape index (κ1) is 21.2. The number of rotatable bonds is 9. The van der Waals surface area contributed by atoms with E-state index in [9.17, 15) is 14.4 Å². The molecule has 0 aliphatic carbocycles. The molecule has 1 aliphatic rings. The van der Waals surface area contributed by atoms with Gasteiger partial charge in [0.05, 0.1) is 11.1 Å². The van der Waals surface area contributed by atoms with Gasteiger partial charge in [0.2, 0.25) is 5.91 Å². The van der Waals surface area contributed by atoms with Gasteiger partial charge in [-0.15, -0.1) is 0 Å². The Hall–Kier alpha value is -4.08. The molecule has 3 amide bonds. The largest absolute Gasteiger partial charge is 0.368 e. The predicted octanol–water partition coefficient (Wildman–Crippen LogP) is 1.58. The zero-order valence-electron chi connectivity index (χ0n) is 17.6. The van der Waals surface area contributed by atoms with E-state index in [4.69, 9.17) is 0 Å². The fraction of sp³-hybridized carbons (Fsp3) is 0.273. The molecule has 10 heteroatoms. The van der Waals surface area contributed by atoms with Crippen molar-refractivity contribution in [1.82, 2.24) is 30.0 Å². The smallest absolute Gasteiger partial charge is 0.261 e. The number of imide groups is 1. The van der Waals surface area contributed by atoms with Crippen molar-refractivity contribution >= 4 is 23.5 Å². The number of benzene rings is 1. The third kappa shape index (κ3) is 4.64. The summed E-state index contributed by atoms with van der Waals surface area (Å²) in [7, 11) is 0. The molecule has 0 saturated carbocycles. The molecule has 0 radical (unpaired) electrons. The van der Waals surface area contributed by atoms with Gasteiger partial charge in [-0.3, -0.25) is 19.3 Å². The molecule has 4 rings (SSSR count). The van der Waals surface area contributed by atoms with Gasteiger partial charge >= 0.3 is 0 Å². The van der Waals surface area contributed by atoms with Crippen LogP contribution in [0.4, 0.5) is 5.82 Å². The summed E-state index contributed by atoms with van der Waals surface area (Å²) in [6, 6.07) is 10.4. The fourth-order valence-corrected chi connectivity index (χ4v) is 3.49. The van der Waals surface area contributed by atoms with Gasteiger partial charge in [0.15, 0.2) is 5.82 Å². The number of anilines is 1. The second-order valence-electron chi connectivity index (χ2n) is 7.30. The highest BCUT2D eigenvalue weighted by molar-refractivity contribution is 6.21. The number of carbonyl (C=O) groups excluding carboxylic acids is 3. The summed E-state index contributed by atoms with van der Waals surface area (Å²) in [4.78, 5) is 46.7. The van der Waals surface area contributed by atoms with Crippen LogP contribution in [0.2, 0.25) is 0 Å². The van der Waals surface area contributed by atoms with Crippen molar-refractivity contribution in [3.05, 3.63) is 65.7 Å². The van der Waals surface area contributed by atoms with E-state index in [2.05, 4.69) is 25.7 Å². The summed E-state index contributed by atoms with van der Waals surface area (Å²) in [6.07, 6.45) is 4.11. The van der Waals surface area contributed by atoms with Crippen LogP contribution in [0.5, 0.6) is 0 Å². The molecule has 3 aromatic rings. The van der Waals surface area contributed by atoms with Gasteiger partial charge in [0, 0.05) is 44.5 Å². The Labute approximate surface area is 184 Å². The second-order valence-corrected chi connectivity index (χ2v) is 7.30. The molecule has 1 aromatic carbocycles. The average molecular weight is 433 g/mol. The summed E-state index contributed by atoms with van der Waals surface area (Å²) in [5.41, 5.74) is 0.840. The van der Waals surface area contributed by atoms with Crippen LogP contribution in [0.3, 0.4) is 0 Å². The Kier molecular flexibility index (Phi) is 6.20. The Balaban J connectivity index is 1.18. The van der Waals surface area contributed by atoms with Gasteiger partial charge in [-0.05, 0) is 31.5 Å². The van der Waals surface area contributed by atoms with E-state index in [1.165, 1.54) is 4.90 Å². The molecule has 0 unspecified atom stereocenters. The minimum Gasteiger partial charge on any atom is -0.368 e. The van der Waals surface area contributed by atoms with Crippen LogP contribution in [-0.4, -0.2) is 62.0 Å². The van der Waals surface area contributed by atoms with Gasteiger partial charge < -0.3 is 10.6 Å². The first-order chi connectivity index (χ1) is 15.5. The summed E-state index contributed by atoms with van der Waals surface area (Å²) in [5, 5.41) is 10.1. The normalized spacial score (nSPS) is 12.7. The topological polar surface area (TPSA) is 122 Å². The lowest BCUT2D eigenvalue weighted by molar-refractivity contribution is -0.121. The molecule has 1 aliphatic heterocycles. The zero-order chi connectivity index (χ0) is 22.5. The van der Waals surface area contributed by atoms with Gasteiger partial charge in [0.25, 0.3) is 11.8 Å². The first-order valence-corrected chi connectivity index (χ1v) is 10.3. The van der Waals surface area contributed by atoms with E-state index in [1.54, 1.807) is 54.3 Å². The maximum atomic E-state index is 12.3. The molecule has 0 fully saturated rings. The summed E-state index contributed by atoms with van der Waals surface area (Å²) in [6.45, 7) is 2.91. The van der Waals surface area contributed by atoms with E-state index >= 15 is 0 Å². The average Bonchev–Trinajstić information content (AvgIpc) is 3.40. The lowest BCUT2D eigenvalue weighted by atomic mass is 10.1. The van der Waals surface area contributed by atoms with Gasteiger partial charge in [-0.1, -0.05) is 12.1 Å². The van der Waals surface area contributed by atoms with Crippen molar-refractivity contribution in [1.29, 1.82) is 0 Å². The molecule has 164 valence electrons. The lowest BCUT2D eigenvalue weighted by Gasteiger charge is -2.13. The first-order valence-electron chi connectivity index (χ1n) is 10.3. The lowest BCUT2D eigenvalue weighted by Crippen LogP contribution is -2.33. The van der Waals surface area contributed by atoms with Crippen LogP contribution in [0, 0.1) is 6.92 Å². The number of amides is 3. The van der Waals surface area contributed by atoms with Crippen molar-refractivity contribution in [2.45, 2.75) is 19.8 Å². The van der Waals surface area contributed by atoms with Crippen molar-refractivity contribution in [2.75, 3.05) is 25.0 Å². The minimum atomic E-state index is -0.301. The quantitative estimate of drug-likeness (QED) is 0.388. The number of aryl methyl sites for hydroxylation is 1. The number of hydrogen-bond donors (Lipinski definition) is 2. The number of carbonyl (C=O) groups is 3. The van der Waals surface area contributed by atoms with Crippen LogP contribution in [0.15, 0.2) is 48.8 Å². The third-order valence-electron chi connectivity index (χ3n) is 4.98. The second kappa shape index (κ2) is 9.38. The monoisotopic (exact) mass is 433 g/mol. The Morgan fingerprint density at radius 3 is 2.47 bits per heavy atom. The third-order valence-corrected chi connectivity index (χ3v) is 4.98. The number of nitrogens with zero attached hydrogens (tertiary/aromatic N) is 5. The van der Waals surface area contributed by atoms with Crippen molar-refractivity contribution < 1.29 is 14.4 Å². The number of fused-ring (bicyclic) bond motifs is 1. The molecule has 2 aromatic heterocycles. The van der Waals surface area contributed by atoms with E-state index in [0.29, 0.717) is 48.1 Å².